The van der Waals surface area contributed by atoms with Crippen LogP contribution in [0.5, 0.6) is 5.75 Å². The number of aromatic nitrogens is 1. The van der Waals surface area contributed by atoms with Crippen LogP contribution in [-0.2, 0) is 9.53 Å². The summed E-state index contributed by atoms with van der Waals surface area (Å²) in [4.78, 5) is 28.0. The number of esters is 1. The number of methoxy groups -OCH3 is 2. The quantitative estimate of drug-likeness (QED) is 0.360. The first-order chi connectivity index (χ1) is 16.5. The summed E-state index contributed by atoms with van der Waals surface area (Å²) in [6, 6.07) is 11.5. The first-order valence-corrected chi connectivity index (χ1v) is 12.2. The van der Waals surface area contributed by atoms with E-state index >= 15 is 0 Å². The van der Waals surface area contributed by atoms with Gasteiger partial charge in [-0.05, 0) is 61.1 Å². The van der Waals surface area contributed by atoms with Crippen molar-refractivity contribution in [3.05, 3.63) is 59.3 Å². The second-order valence-electron chi connectivity index (χ2n) is 9.20. The number of carbonyl (C=O) groups is 2. The summed E-state index contributed by atoms with van der Waals surface area (Å²) in [5.74, 6) is 0.956. The highest BCUT2D eigenvalue weighted by atomic mass is 16.5. The normalized spacial score (nSPS) is 14.8. The van der Waals surface area contributed by atoms with Crippen LogP contribution in [0.2, 0.25) is 0 Å². The lowest BCUT2D eigenvalue weighted by Crippen LogP contribution is -2.15. The van der Waals surface area contributed by atoms with Gasteiger partial charge in [0.1, 0.15) is 5.75 Å². The standard InChI is InChI=1S/C28H34N2O4/c1-4-7-21(22-12-10-19(28(32)34-3)15-26(22)33-2)24-17-29-25-13-11-20(16-23(24)25)30-27(31)14-18-8-5-6-9-18/h10-13,15-18,21,29H,4-9,14H2,1-3H3,(H,30,31). The Morgan fingerprint density at radius 1 is 1.09 bits per heavy atom. The number of aromatic amines is 1. The number of ether oxygens (including phenoxy) is 2. The van der Waals surface area contributed by atoms with Crippen LogP contribution in [0.15, 0.2) is 42.6 Å². The number of H-pyrrole nitrogens is 1. The van der Waals surface area contributed by atoms with E-state index in [9.17, 15) is 9.59 Å². The van der Waals surface area contributed by atoms with E-state index in [-0.39, 0.29) is 17.8 Å². The van der Waals surface area contributed by atoms with Crippen molar-refractivity contribution in [1.29, 1.82) is 0 Å². The van der Waals surface area contributed by atoms with Crippen LogP contribution < -0.4 is 10.1 Å². The zero-order chi connectivity index (χ0) is 24.1. The lowest BCUT2D eigenvalue weighted by molar-refractivity contribution is -0.117. The number of carbonyl (C=O) groups excluding carboxylic acids is 2. The Hall–Kier alpha value is -3.28. The number of amides is 1. The van der Waals surface area contributed by atoms with Crippen molar-refractivity contribution in [3.63, 3.8) is 0 Å². The number of benzene rings is 2. The van der Waals surface area contributed by atoms with E-state index in [1.165, 1.54) is 20.0 Å². The molecule has 1 heterocycles. The van der Waals surface area contributed by atoms with Gasteiger partial charge >= 0.3 is 5.97 Å². The van der Waals surface area contributed by atoms with Gasteiger partial charge in [0.05, 0.1) is 19.8 Å². The smallest absolute Gasteiger partial charge is 0.337 e. The minimum atomic E-state index is -0.387. The molecule has 3 aromatic rings. The van der Waals surface area contributed by atoms with Crippen molar-refractivity contribution >= 4 is 28.5 Å². The van der Waals surface area contributed by atoms with Gasteiger partial charge in [-0.15, -0.1) is 0 Å². The van der Waals surface area contributed by atoms with E-state index in [4.69, 9.17) is 9.47 Å². The minimum absolute atomic E-state index is 0.0739. The van der Waals surface area contributed by atoms with Crippen LogP contribution in [0.25, 0.3) is 10.9 Å². The van der Waals surface area contributed by atoms with Crippen molar-refractivity contribution in [1.82, 2.24) is 4.98 Å². The zero-order valence-corrected chi connectivity index (χ0v) is 20.3. The summed E-state index contributed by atoms with van der Waals surface area (Å²) in [6.45, 7) is 2.16. The summed E-state index contributed by atoms with van der Waals surface area (Å²) < 4.78 is 10.5. The molecule has 1 aliphatic rings. The molecule has 1 atom stereocenters. The first kappa shape index (κ1) is 23.9. The Labute approximate surface area is 201 Å². The molecule has 0 radical (unpaired) electrons. The zero-order valence-electron chi connectivity index (χ0n) is 20.3. The molecular weight excluding hydrogens is 428 g/mol. The number of anilines is 1. The van der Waals surface area contributed by atoms with Gasteiger partial charge in [0.25, 0.3) is 0 Å². The summed E-state index contributed by atoms with van der Waals surface area (Å²) >= 11 is 0. The molecule has 4 rings (SSSR count). The van der Waals surface area contributed by atoms with E-state index in [0.29, 0.717) is 23.7 Å². The van der Waals surface area contributed by atoms with Gasteiger partial charge in [0.15, 0.2) is 0 Å². The molecule has 180 valence electrons. The monoisotopic (exact) mass is 462 g/mol. The fraction of sp³-hybridized carbons (Fsp3) is 0.429. The summed E-state index contributed by atoms with van der Waals surface area (Å²) in [5.41, 5.74) is 4.47. The van der Waals surface area contributed by atoms with Crippen molar-refractivity contribution in [3.8, 4) is 5.75 Å². The van der Waals surface area contributed by atoms with Crippen LogP contribution in [0.3, 0.4) is 0 Å². The second kappa shape index (κ2) is 10.8. The predicted octanol–water partition coefficient (Wildman–Crippen LogP) is 6.41. The lowest BCUT2D eigenvalue weighted by Gasteiger charge is -2.20. The first-order valence-electron chi connectivity index (χ1n) is 12.2. The lowest BCUT2D eigenvalue weighted by atomic mass is 9.86. The topological polar surface area (TPSA) is 80.4 Å². The second-order valence-corrected chi connectivity index (χ2v) is 9.20. The largest absolute Gasteiger partial charge is 0.496 e. The molecule has 0 bridgehead atoms. The molecule has 1 aliphatic carbocycles. The number of hydrogen-bond donors (Lipinski definition) is 2. The Morgan fingerprint density at radius 2 is 1.88 bits per heavy atom. The fourth-order valence-electron chi connectivity index (χ4n) is 5.21. The van der Waals surface area contributed by atoms with Crippen LogP contribution in [0.1, 0.15) is 79.3 Å². The van der Waals surface area contributed by atoms with Crippen LogP contribution >= 0.6 is 0 Å². The highest BCUT2D eigenvalue weighted by Gasteiger charge is 2.23. The maximum absolute atomic E-state index is 12.6. The van der Waals surface area contributed by atoms with Gasteiger partial charge in [-0.2, -0.15) is 0 Å². The van der Waals surface area contributed by atoms with Crippen LogP contribution in [0.4, 0.5) is 5.69 Å². The van der Waals surface area contributed by atoms with Gasteiger partial charge in [-0.25, -0.2) is 4.79 Å². The average molecular weight is 463 g/mol. The molecule has 2 aromatic carbocycles. The molecule has 34 heavy (non-hydrogen) atoms. The van der Waals surface area contributed by atoms with E-state index < -0.39 is 0 Å². The summed E-state index contributed by atoms with van der Waals surface area (Å²) in [5, 5.41) is 4.19. The molecule has 0 aliphatic heterocycles. The van der Waals surface area contributed by atoms with Crippen molar-refractivity contribution in [2.24, 2.45) is 5.92 Å². The Morgan fingerprint density at radius 3 is 2.59 bits per heavy atom. The van der Waals surface area contributed by atoms with Crippen LogP contribution in [0, 0.1) is 5.92 Å². The minimum Gasteiger partial charge on any atom is -0.496 e. The van der Waals surface area contributed by atoms with Gasteiger partial charge in [-0.1, -0.05) is 32.3 Å². The number of fused-ring (bicyclic) bond motifs is 1. The maximum Gasteiger partial charge on any atom is 0.337 e. The molecule has 1 unspecified atom stereocenters. The van der Waals surface area contributed by atoms with E-state index in [2.05, 4.69) is 23.3 Å². The van der Waals surface area contributed by atoms with Crippen molar-refractivity contribution < 1.29 is 19.1 Å². The highest BCUT2D eigenvalue weighted by molar-refractivity contribution is 5.95. The van der Waals surface area contributed by atoms with E-state index in [1.807, 2.05) is 24.4 Å². The van der Waals surface area contributed by atoms with Gasteiger partial charge in [0.2, 0.25) is 5.91 Å². The third kappa shape index (κ3) is 5.11. The molecule has 6 nitrogen and oxygen atoms in total. The van der Waals surface area contributed by atoms with Gasteiger partial charge in [-0.3, -0.25) is 4.79 Å². The fourth-order valence-corrected chi connectivity index (χ4v) is 5.21. The molecule has 6 heteroatoms. The Bertz CT molecular complexity index is 1160. The molecular formula is C28H34N2O4. The van der Waals surface area contributed by atoms with Crippen molar-refractivity contribution in [2.45, 2.75) is 57.8 Å². The maximum atomic E-state index is 12.6. The summed E-state index contributed by atoms with van der Waals surface area (Å²) in [7, 11) is 2.99. The van der Waals surface area contributed by atoms with Gasteiger partial charge in [0, 0.05) is 40.7 Å². The molecule has 1 fully saturated rings. The Balaban J connectivity index is 1.65. The molecule has 1 amide bonds. The van der Waals surface area contributed by atoms with E-state index in [1.54, 1.807) is 19.2 Å². The molecule has 2 N–H and O–H groups in total. The highest BCUT2D eigenvalue weighted by Crippen LogP contribution is 2.39. The number of hydrogen-bond acceptors (Lipinski definition) is 4. The SMILES string of the molecule is CCCC(c1ccc(C(=O)OC)cc1OC)c1c[nH]c2ccc(NC(=O)CC3CCCC3)cc12. The predicted molar refractivity (Wildman–Crippen MR) is 135 cm³/mol. The number of rotatable bonds is 9. The molecule has 0 spiro atoms. The molecule has 0 saturated heterocycles. The van der Waals surface area contributed by atoms with E-state index in [0.717, 1.165) is 53.4 Å². The Kier molecular flexibility index (Phi) is 7.56. The summed E-state index contributed by atoms with van der Waals surface area (Å²) in [6.07, 6.45) is 9.33. The van der Waals surface area contributed by atoms with Crippen LogP contribution in [-0.4, -0.2) is 31.1 Å². The van der Waals surface area contributed by atoms with Gasteiger partial charge < -0.3 is 19.8 Å². The molecule has 1 saturated carbocycles. The molecule has 1 aromatic heterocycles. The average Bonchev–Trinajstić information content (AvgIpc) is 3.51. The number of nitrogens with one attached hydrogen (secondary N) is 2. The third-order valence-corrected chi connectivity index (χ3v) is 6.93. The third-order valence-electron chi connectivity index (χ3n) is 6.93. The van der Waals surface area contributed by atoms with Crippen molar-refractivity contribution in [2.75, 3.05) is 19.5 Å².